The predicted molar refractivity (Wildman–Crippen MR) is 90.5 cm³/mol. The normalized spacial score (nSPS) is 26.6. The number of benzene rings is 1. The fourth-order valence-electron chi connectivity index (χ4n) is 5.08. The molecule has 1 N–H and O–H groups in total. The predicted octanol–water partition coefficient (Wildman–Crippen LogP) is 3.35. The van der Waals surface area contributed by atoms with Crippen molar-refractivity contribution in [3.05, 3.63) is 35.6 Å². The number of rotatable bonds is 3. The molecular weight excluding hydrogens is 321 g/mol. The van der Waals surface area contributed by atoms with Gasteiger partial charge in [0.1, 0.15) is 5.82 Å². The largest absolute Gasteiger partial charge is 0.481 e. The average Bonchev–Trinajstić information content (AvgIpc) is 3.09. The molecule has 5 heteroatoms. The van der Waals surface area contributed by atoms with Gasteiger partial charge in [-0.05, 0) is 55.2 Å². The quantitative estimate of drug-likeness (QED) is 0.914. The van der Waals surface area contributed by atoms with Gasteiger partial charge in [-0.1, -0.05) is 25.0 Å². The number of hydrogen-bond acceptors (Lipinski definition) is 2. The second-order valence-electron chi connectivity index (χ2n) is 8.05. The molecule has 25 heavy (non-hydrogen) atoms. The van der Waals surface area contributed by atoms with Crippen molar-refractivity contribution in [2.75, 3.05) is 13.1 Å². The molecule has 1 saturated heterocycles. The van der Waals surface area contributed by atoms with Gasteiger partial charge in [0, 0.05) is 13.1 Å². The van der Waals surface area contributed by atoms with Crippen LogP contribution < -0.4 is 0 Å². The van der Waals surface area contributed by atoms with Crippen molar-refractivity contribution in [1.29, 1.82) is 0 Å². The van der Waals surface area contributed by atoms with E-state index in [0.29, 0.717) is 13.1 Å². The van der Waals surface area contributed by atoms with Gasteiger partial charge in [0.15, 0.2) is 0 Å². The van der Waals surface area contributed by atoms with Gasteiger partial charge in [0.05, 0.1) is 11.3 Å². The summed E-state index contributed by atoms with van der Waals surface area (Å²) in [5, 5.41) is 9.22. The maximum atomic E-state index is 13.4. The first kappa shape index (κ1) is 16.6. The number of amides is 1. The number of carboxylic acids is 1. The van der Waals surface area contributed by atoms with Gasteiger partial charge in [-0.25, -0.2) is 4.39 Å². The van der Waals surface area contributed by atoms with Crippen LogP contribution in [0.3, 0.4) is 0 Å². The minimum atomic E-state index is -0.696. The van der Waals surface area contributed by atoms with Crippen molar-refractivity contribution in [2.45, 2.75) is 50.4 Å². The van der Waals surface area contributed by atoms with E-state index < -0.39 is 11.4 Å². The second-order valence-corrected chi connectivity index (χ2v) is 8.05. The summed E-state index contributed by atoms with van der Waals surface area (Å²) in [6, 6.07) is 6.39. The molecule has 0 aromatic heterocycles. The molecular formula is C20H24FNO3. The Morgan fingerprint density at radius 1 is 1.04 bits per heavy atom. The number of carbonyl (C=O) groups is 2. The molecule has 3 fully saturated rings. The smallest absolute Gasteiger partial charge is 0.307 e. The lowest BCUT2D eigenvalue weighted by Gasteiger charge is -2.39. The van der Waals surface area contributed by atoms with E-state index in [1.807, 2.05) is 4.90 Å². The Morgan fingerprint density at radius 2 is 1.64 bits per heavy atom. The zero-order valence-electron chi connectivity index (χ0n) is 14.3. The molecule has 0 radical (unpaired) electrons. The zero-order valence-corrected chi connectivity index (χ0v) is 14.3. The lowest BCUT2D eigenvalue weighted by Crippen LogP contribution is -2.49. The summed E-state index contributed by atoms with van der Waals surface area (Å²) in [7, 11) is 0. The number of piperidine rings is 1. The second kappa shape index (κ2) is 5.82. The lowest BCUT2D eigenvalue weighted by atomic mass is 9.76. The minimum absolute atomic E-state index is 0.0681. The Bertz CT molecular complexity index is 685. The van der Waals surface area contributed by atoms with Crippen molar-refractivity contribution in [2.24, 2.45) is 11.3 Å². The molecule has 1 aromatic carbocycles. The summed E-state index contributed by atoms with van der Waals surface area (Å²) >= 11 is 0. The number of halogens is 1. The maximum Gasteiger partial charge on any atom is 0.307 e. The summed E-state index contributed by atoms with van der Waals surface area (Å²) in [5.74, 6) is -1.04. The van der Waals surface area contributed by atoms with Crippen molar-refractivity contribution in [3.8, 4) is 0 Å². The van der Waals surface area contributed by atoms with Crippen LogP contribution in [0.25, 0.3) is 0 Å². The van der Waals surface area contributed by atoms with Crippen LogP contribution in [0.15, 0.2) is 24.3 Å². The Morgan fingerprint density at radius 3 is 2.16 bits per heavy atom. The molecule has 1 atom stereocenters. The third-order valence-electron chi connectivity index (χ3n) is 6.80. The van der Waals surface area contributed by atoms with Gasteiger partial charge in [0.25, 0.3) is 0 Å². The molecule has 1 aliphatic heterocycles. The van der Waals surface area contributed by atoms with E-state index in [-0.39, 0.29) is 23.1 Å². The molecule has 0 unspecified atom stereocenters. The zero-order chi connectivity index (χ0) is 17.7. The van der Waals surface area contributed by atoms with Crippen molar-refractivity contribution < 1.29 is 19.1 Å². The first-order valence-corrected chi connectivity index (χ1v) is 9.25. The van der Waals surface area contributed by atoms with Crippen LogP contribution in [0.4, 0.5) is 4.39 Å². The van der Waals surface area contributed by atoms with E-state index in [4.69, 9.17) is 0 Å². The average molecular weight is 345 g/mol. The molecule has 0 bridgehead atoms. The van der Waals surface area contributed by atoms with Gasteiger partial charge < -0.3 is 10.0 Å². The van der Waals surface area contributed by atoms with E-state index in [1.165, 1.54) is 12.1 Å². The topological polar surface area (TPSA) is 57.6 Å². The third kappa shape index (κ3) is 2.64. The highest BCUT2D eigenvalue weighted by Gasteiger charge is 2.59. The minimum Gasteiger partial charge on any atom is -0.481 e. The van der Waals surface area contributed by atoms with Crippen LogP contribution in [0.1, 0.15) is 50.5 Å². The monoisotopic (exact) mass is 345 g/mol. The molecule has 134 valence electrons. The number of hydrogen-bond donors (Lipinski definition) is 1. The first-order chi connectivity index (χ1) is 12.0. The lowest BCUT2D eigenvalue weighted by molar-refractivity contribution is -0.140. The highest BCUT2D eigenvalue weighted by atomic mass is 19.1. The number of likely N-dealkylation sites (tertiary alicyclic amines) is 1. The summed E-state index contributed by atoms with van der Waals surface area (Å²) in [6.07, 6.45) is 6.00. The summed E-state index contributed by atoms with van der Waals surface area (Å²) < 4.78 is 13.3. The van der Waals surface area contributed by atoms with Gasteiger partial charge in [-0.3, -0.25) is 9.59 Å². The first-order valence-electron chi connectivity index (χ1n) is 9.25. The Labute approximate surface area is 147 Å². The van der Waals surface area contributed by atoms with Crippen molar-refractivity contribution in [3.63, 3.8) is 0 Å². The molecule has 1 heterocycles. The molecule has 2 saturated carbocycles. The van der Waals surface area contributed by atoms with Gasteiger partial charge in [-0.2, -0.15) is 0 Å². The number of nitrogens with zero attached hydrogens (tertiary/aromatic N) is 1. The van der Waals surface area contributed by atoms with Crippen molar-refractivity contribution in [1.82, 2.24) is 4.90 Å². The molecule has 4 rings (SSSR count). The van der Waals surface area contributed by atoms with Crippen LogP contribution in [0.5, 0.6) is 0 Å². The van der Waals surface area contributed by atoms with Gasteiger partial charge in [0.2, 0.25) is 5.91 Å². The van der Waals surface area contributed by atoms with E-state index in [1.54, 1.807) is 12.1 Å². The maximum absolute atomic E-state index is 13.4. The highest BCUT2D eigenvalue weighted by molar-refractivity contribution is 5.89. The fraction of sp³-hybridized carbons (Fsp3) is 0.600. The summed E-state index contributed by atoms with van der Waals surface area (Å²) in [4.78, 5) is 26.5. The van der Waals surface area contributed by atoms with E-state index in [9.17, 15) is 19.1 Å². The molecule has 1 amide bonds. The SMILES string of the molecule is O=C(O)[C@@H]1CC12CCN(C(=O)C1(c3ccc(F)cc3)CCCC1)CC2. The van der Waals surface area contributed by atoms with E-state index in [2.05, 4.69) is 0 Å². The summed E-state index contributed by atoms with van der Waals surface area (Å²) in [6.45, 7) is 1.29. The highest BCUT2D eigenvalue weighted by Crippen LogP contribution is 2.59. The Hall–Kier alpha value is -1.91. The standard InChI is InChI=1S/C20H24FNO3/c21-15-5-3-14(4-6-15)20(7-1-2-8-20)18(25)22-11-9-19(10-12-22)13-16(19)17(23)24/h3-6,16H,1-2,7-13H2,(H,23,24)/t16-/m0/s1. The number of carboxylic acid groups (broad SMARTS) is 1. The number of aliphatic carboxylic acids is 1. The van der Waals surface area contributed by atoms with Crippen molar-refractivity contribution >= 4 is 11.9 Å². The van der Waals surface area contributed by atoms with Crippen LogP contribution in [0.2, 0.25) is 0 Å². The van der Waals surface area contributed by atoms with Crippen LogP contribution >= 0.6 is 0 Å². The molecule has 1 aromatic rings. The summed E-state index contributed by atoms with van der Waals surface area (Å²) in [5.41, 5.74) is 0.335. The fourth-order valence-corrected chi connectivity index (χ4v) is 5.08. The van der Waals surface area contributed by atoms with E-state index >= 15 is 0 Å². The molecule has 1 spiro atoms. The molecule has 2 aliphatic carbocycles. The number of carbonyl (C=O) groups excluding carboxylic acids is 1. The molecule has 4 nitrogen and oxygen atoms in total. The van der Waals surface area contributed by atoms with Crippen LogP contribution in [-0.2, 0) is 15.0 Å². The van der Waals surface area contributed by atoms with Crippen LogP contribution in [0, 0.1) is 17.2 Å². The Kier molecular flexibility index (Phi) is 3.85. The van der Waals surface area contributed by atoms with Gasteiger partial charge in [-0.15, -0.1) is 0 Å². The van der Waals surface area contributed by atoms with Gasteiger partial charge >= 0.3 is 5.97 Å². The Balaban J connectivity index is 1.51. The third-order valence-corrected chi connectivity index (χ3v) is 6.80. The van der Waals surface area contributed by atoms with Crippen LogP contribution in [-0.4, -0.2) is 35.0 Å². The molecule has 3 aliphatic rings. The van der Waals surface area contributed by atoms with E-state index in [0.717, 1.165) is 50.5 Å².